The molecule has 0 saturated carbocycles. The molecule has 2 heterocycles. The molecule has 0 spiro atoms. The van der Waals surface area contributed by atoms with Crippen molar-refractivity contribution < 1.29 is 4.74 Å². The number of nitrogens with zero attached hydrogens (tertiary/aromatic N) is 3. The highest BCUT2D eigenvalue weighted by Gasteiger charge is 2.09. The van der Waals surface area contributed by atoms with E-state index in [2.05, 4.69) is 32.1 Å². The summed E-state index contributed by atoms with van der Waals surface area (Å²) >= 11 is 0. The second-order valence-electron chi connectivity index (χ2n) is 5.08. The molecule has 0 unspecified atom stereocenters. The Morgan fingerprint density at radius 3 is 2.91 bits per heavy atom. The fourth-order valence-corrected chi connectivity index (χ4v) is 2.16. The lowest BCUT2D eigenvalue weighted by molar-refractivity contribution is 0.0389. The van der Waals surface area contributed by atoms with Gasteiger partial charge in [0.15, 0.2) is 5.96 Å². The van der Waals surface area contributed by atoms with Gasteiger partial charge in [0.1, 0.15) is 0 Å². The van der Waals surface area contributed by atoms with E-state index in [1.807, 2.05) is 24.4 Å². The number of morpholine rings is 1. The van der Waals surface area contributed by atoms with Crippen molar-refractivity contribution in [3.63, 3.8) is 0 Å². The summed E-state index contributed by atoms with van der Waals surface area (Å²) in [6.45, 7) is 10.5. The monoisotopic (exact) mass is 431 g/mol. The number of rotatable bonds is 7. The van der Waals surface area contributed by atoms with Gasteiger partial charge in [0.2, 0.25) is 0 Å². The zero-order valence-corrected chi connectivity index (χ0v) is 15.7. The van der Waals surface area contributed by atoms with Crippen LogP contribution in [0, 0.1) is 0 Å². The van der Waals surface area contributed by atoms with E-state index in [-0.39, 0.29) is 24.0 Å². The van der Waals surface area contributed by atoms with Crippen LogP contribution >= 0.6 is 24.0 Å². The van der Waals surface area contributed by atoms with E-state index in [1.54, 1.807) is 6.20 Å². The third-order valence-corrected chi connectivity index (χ3v) is 3.38. The van der Waals surface area contributed by atoms with Gasteiger partial charge in [-0.1, -0.05) is 12.1 Å². The molecular formula is C16H26IN5O. The van der Waals surface area contributed by atoms with Gasteiger partial charge in [-0.25, -0.2) is 4.99 Å². The summed E-state index contributed by atoms with van der Waals surface area (Å²) in [5.74, 6) is 0.803. The Hall–Kier alpha value is -1.19. The van der Waals surface area contributed by atoms with Gasteiger partial charge in [0.25, 0.3) is 0 Å². The third-order valence-electron chi connectivity index (χ3n) is 3.38. The number of hydrogen-bond acceptors (Lipinski definition) is 4. The maximum absolute atomic E-state index is 5.35. The number of nitrogens with one attached hydrogen (secondary N) is 2. The van der Waals surface area contributed by atoms with Crippen LogP contribution in [-0.2, 0) is 11.3 Å². The third kappa shape index (κ3) is 8.29. The first-order chi connectivity index (χ1) is 10.9. The Morgan fingerprint density at radius 2 is 2.22 bits per heavy atom. The molecule has 1 saturated heterocycles. The molecule has 1 aromatic rings. The Kier molecular flexibility index (Phi) is 10.6. The normalized spacial score (nSPS) is 15.6. The molecule has 128 valence electrons. The summed E-state index contributed by atoms with van der Waals surface area (Å²) < 4.78 is 5.35. The Bertz CT molecular complexity index is 463. The Labute approximate surface area is 155 Å². The van der Waals surface area contributed by atoms with Crippen LogP contribution in [0.15, 0.2) is 42.2 Å². The molecule has 1 aliphatic heterocycles. The van der Waals surface area contributed by atoms with Crippen molar-refractivity contribution in [3.05, 3.63) is 42.7 Å². The fourth-order valence-electron chi connectivity index (χ4n) is 2.16. The first-order valence-corrected chi connectivity index (χ1v) is 7.70. The van der Waals surface area contributed by atoms with Crippen molar-refractivity contribution in [1.29, 1.82) is 0 Å². The molecule has 2 N–H and O–H groups in total. The molecule has 6 nitrogen and oxygen atoms in total. The molecule has 23 heavy (non-hydrogen) atoms. The lowest BCUT2D eigenvalue weighted by Gasteiger charge is -2.26. The van der Waals surface area contributed by atoms with Crippen LogP contribution in [0.2, 0.25) is 0 Å². The molecule has 0 aromatic carbocycles. The minimum Gasteiger partial charge on any atom is -0.379 e. The highest BCUT2D eigenvalue weighted by atomic mass is 127. The molecule has 0 amide bonds. The second kappa shape index (κ2) is 12.3. The SMILES string of the molecule is C=CCNC(=NCc1cccnc1)NCCN1CCOCC1.I. The summed E-state index contributed by atoms with van der Waals surface area (Å²) in [6.07, 6.45) is 5.43. The molecule has 7 heteroatoms. The summed E-state index contributed by atoms with van der Waals surface area (Å²) in [7, 11) is 0. The lowest BCUT2D eigenvalue weighted by Crippen LogP contribution is -2.44. The topological polar surface area (TPSA) is 61.8 Å². The molecule has 0 radical (unpaired) electrons. The number of guanidine groups is 1. The summed E-state index contributed by atoms with van der Waals surface area (Å²) in [4.78, 5) is 11.1. The van der Waals surface area contributed by atoms with Crippen molar-refractivity contribution in [2.45, 2.75) is 6.54 Å². The van der Waals surface area contributed by atoms with E-state index in [0.29, 0.717) is 13.1 Å². The highest BCUT2D eigenvalue weighted by molar-refractivity contribution is 14.0. The van der Waals surface area contributed by atoms with E-state index in [9.17, 15) is 0 Å². The largest absolute Gasteiger partial charge is 0.379 e. The minimum atomic E-state index is 0. The molecule has 1 aromatic heterocycles. The van der Waals surface area contributed by atoms with E-state index >= 15 is 0 Å². The number of pyridine rings is 1. The van der Waals surface area contributed by atoms with Crippen molar-refractivity contribution in [2.24, 2.45) is 4.99 Å². The van der Waals surface area contributed by atoms with Crippen LogP contribution in [0.1, 0.15) is 5.56 Å². The molecule has 1 fully saturated rings. The maximum atomic E-state index is 5.35. The predicted molar refractivity (Wildman–Crippen MR) is 104 cm³/mol. The van der Waals surface area contributed by atoms with Crippen molar-refractivity contribution >= 4 is 29.9 Å². The minimum absolute atomic E-state index is 0. The second-order valence-corrected chi connectivity index (χ2v) is 5.08. The number of ether oxygens (including phenoxy) is 1. The summed E-state index contributed by atoms with van der Waals surface area (Å²) in [6, 6.07) is 3.95. The average Bonchev–Trinajstić information content (AvgIpc) is 2.58. The van der Waals surface area contributed by atoms with Gasteiger partial charge in [-0.3, -0.25) is 9.88 Å². The van der Waals surface area contributed by atoms with Gasteiger partial charge in [0, 0.05) is 45.1 Å². The number of hydrogen-bond donors (Lipinski definition) is 2. The molecule has 0 atom stereocenters. The molecule has 1 aliphatic rings. The summed E-state index contributed by atoms with van der Waals surface area (Å²) in [5.41, 5.74) is 1.09. The van der Waals surface area contributed by atoms with E-state index in [1.165, 1.54) is 0 Å². The fraction of sp³-hybridized carbons (Fsp3) is 0.500. The first-order valence-electron chi connectivity index (χ1n) is 7.70. The van der Waals surface area contributed by atoms with Gasteiger partial charge in [0.05, 0.1) is 19.8 Å². The zero-order valence-electron chi connectivity index (χ0n) is 13.4. The quantitative estimate of drug-likeness (QED) is 0.295. The van der Waals surface area contributed by atoms with Crippen LogP contribution in [0.25, 0.3) is 0 Å². The van der Waals surface area contributed by atoms with E-state index in [0.717, 1.165) is 50.9 Å². The molecule has 0 aliphatic carbocycles. The van der Waals surface area contributed by atoms with E-state index < -0.39 is 0 Å². The van der Waals surface area contributed by atoms with Crippen LogP contribution < -0.4 is 10.6 Å². The molecule has 0 bridgehead atoms. The smallest absolute Gasteiger partial charge is 0.191 e. The van der Waals surface area contributed by atoms with Crippen LogP contribution in [0.3, 0.4) is 0 Å². The zero-order chi connectivity index (χ0) is 15.5. The molecular weight excluding hydrogens is 405 g/mol. The van der Waals surface area contributed by atoms with Gasteiger partial charge >= 0.3 is 0 Å². The predicted octanol–water partition coefficient (Wildman–Crippen LogP) is 1.25. The maximum Gasteiger partial charge on any atom is 0.191 e. The Morgan fingerprint density at radius 1 is 1.39 bits per heavy atom. The van der Waals surface area contributed by atoms with Crippen LogP contribution in [-0.4, -0.2) is 61.8 Å². The van der Waals surface area contributed by atoms with Crippen LogP contribution in [0.4, 0.5) is 0 Å². The van der Waals surface area contributed by atoms with E-state index in [4.69, 9.17) is 4.74 Å². The van der Waals surface area contributed by atoms with Gasteiger partial charge < -0.3 is 15.4 Å². The van der Waals surface area contributed by atoms with Crippen LogP contribution in [0.5, 0.6) is 0 Å². The van der Waals surface area contributed by atoms with Gasteiger partial charge in [-0.15, -0.1) is 30.6 Å². The standard InChI is InChI=1S/C16H25N5O.HI/c1-2-5-18-16(20-14-15-4-3-6-17-13-15)19-7-8-21-9-11-22-12-10-21;/h2-4,6,13H,1,5,7-12,14H2,(H2,18,19,20);1H. The average molecular weight is 431 g/mol. The van der Waals surface area contributed by atoms with Gasteiger partial charge in [-0.05, 0) is 11.6 Å². The van der Waals surface area contributed by atoms with Gasteiger partial charge in [-0.2, -0.15) is 0 Å². The number of aromatic nitrogens is 1. The lowest BCUT2D eigenvalue weighted by atomic mass is 10.3. The number of halogens is 1. The highest BCUT2D eigenvalue weighted by Crippen LogP contribution is 1.98. The first kappa shape index (κ1) is 19.9. The van der Waals surface area contributed by atoms with Crippen molar-refractivity contribution in [3.8, 4) is 0 Å². The Balaban J connectivity index is 0.00000264. The summed E-state index contributed by atoms with van der Waals surface area (Å²) in [5, 5.41) is 6.59. The van der Waals surface area contributed by atoms with Crippen molar-refractivity contribution in [1.82, 2.24) is 20.5 Å². The van der Waals surface area contributed by atoms with Crippen molar-refractivity contribution in [2.75, 3.05) is 45.9 Å². The number of aliphatic imine (C=N–C) groups is 1. The molecule has 2 rings (SSSR count).